The van der Waals surface area contributed by atoms with E-state index in [2.05, 4.69) is 21.8 Å². The molecular formula is C27H24F7N3O2. The highest BCUT2D eigenvalue weighted by molar-refractivity contribution is 5.35. The van der Waals surface area contributed by atoms with E-state index >= 15 is 0 Å². The van der Waals surface area contributed by atoms with Crippen LogP contribution < -0.4 is 0 Å². The number of morpholine rings is 1. The average molecular weight is 555 g/mol. The highest BCUT2D eigenvalue weighted by Gasteiger charge is 2.41. The van der Waals surface area contributed by atoms with E-state index < -0.39 is 53.8 Å². The Morgan fingerprint density at radius 1 is 1.05 bits per heavy atom. The predicted molar refractivity (Wildman–Crippen MR) is 126 cm³/mol. The molecule has 208 valence electrons. The van der Waals surface area contributed by atoms with E-state index in [1.165, 1.54) is 37.5 Å². The van der Waals surface area contributed by atoms with E-state index in [0.29, 0.717) is 29.9 Å². The van der Waals surface area contributed by atoms with Gasteiger partial charge in [-0.1, -0.05) is 18.1 Å². The Kier molecular flexibility index (Phi) is 8.34. The summed E-state index contributed by atoms with van der Waals surface area (Å²) < 4.78 is 106. The SMILES string of the molecule is CC#CC(c1cnc[nH]1)N1CCOC(O[C@H](C)c2cc(C(F)(F)F)cc(C(F)(F)F)c2)C1c1ccc(F)cc1. The summed E-state index contributed by atoms with van der Waals surface area (Å²) in [4.78, 5) is 8.97. The Hall–Kier alpha value is -3.40. The van der Waals surface area contributed by atoms with Gasteiger partial charge in [0.1, 0.15) is 11.9 Å². The van der Waals surface area contributed by atoms with Crippen molar-refractivity contribution in [2.24, 2.45) is 0 Å². The molecule has 1 saturated heterocycles. The van der Waals surface area contributed by atoms with Crippen molar-refractivity contribution in [3.63, 3.8) is 0 Å². The molecule has 1 N–H and O–H groups in total. The number of alkyl halides is 6. The molecule has 1 aliphatic heterocycles. The Labute approximate surface area is 219 Å². The molecule has 12 heteroatoms. The molecule has 1 aromatic heterocycles. The fourth-order valence-electron chi connectivity index (χ4n) is 4.46. The number of imidazole rings is 1. The second-order valence-corrected chi connectivity index (χ2v) is 8.89. The van der Waals surface area contributed by atoms with Gasteiger partial charge in [-0.3, -0.25) is 4.90 Å². The summed E-state index contributed by atoms with van der Waals surface area (Å²) >= 11 is 0. The maximum Gasteiger partial charge on any atom is 0.416 e. The number of rotatable bonds is 6. The van der Waals surface area contributed by atoms with Crippen molar-refractivity contribution in [1.29, 1.82) is 0 Å². The summed E-state index contributed by atoms with van der Waals surface area (Å²) in [5.41, 5.74) is -2.01. The van der Waals surface area contributed by atoms with Crippen LogP contribution in [0.3, 0.4) is 0 Å². The van der Waals surface area contributed by atoms with Crippen LogP contribution in [0.2, 0.25) is 0 Å². The average Bonchev–Trinajstić information content (AvgIpc) is 3.41. The molecule has 1 aliphatic rings. The third-order valence-electron chi connectivity index (χ3n) is 6.30. The zero-order valence-electron chi connectivity index (χ0n) is 20.8. The normalized spacial score (nSPS) is 20.2. The number of hydrogen-bond donors (Lipinski definition) is 1. The van der Waals surface area contributed by atoms with Gasteiger partial charge in [0.25, 0.3) is 0 Å². The first-order valence-corrected chi connectivity index (χ1v) is 11.9. The van der Waals surface area contributed by atoms with Crippen molar-refractivity contribution < 1.29 is 40.2 Å². The molecule has 2 heterocycles. The van der Waals surface area contributed by atoms with Crippen LogP contribution in [0.25, 0.3) is 0 Å². The van der Waals surface area contributed by atoms with E-state index in [1.807, 2.05) is 4.90 Å². The van der Waals surface area contributed by atoms with E-state index in [0.717, 1.165) is 0 Å². The summed E-state index contributed by atoms with van der Waals surface area (Å²) in [6, 6.07) is 5.54. The molecule has 1 fully saturated rings. The van der Waals surface area contributed by atoms with Gasteiger partial charge in [-0.15, -0.1) is 5.92 Å². The van der Waals surface area contributed by atoms with Crippen molar-refractivity contribution in [3.05, 3.63) is 88.8 Å². The summed E-state index contributed by atoms with van der Waals surface area (Å²) in [5.74, 6) is 5.46. The van der Waals surface area contributed by atoms with Gasteiger partial charge in [0.2, 0.25) is 0 Å². The quantitative estimate of drug-likeness (QED) is 0.268. The highest BCUT2D eigenvalue weighted by atomic mass is 19.4. The second-order valence-electron chi connectivity index (χ2n) is 8.89. The van der Waals surface area contributed by atoms with Crippen LogP contribution in [0.5, 0.6) is 0 Å². The molecular weight excluding hydrogens is 531 g/mol. The van der Waals surface area contributed by atoms with Crippen molar-refractivity contribution >= 4 is 0 Å². The fraction of sp³-hybridized carbons (Fsp3) is 0.370. The van der Waals surface area contributed by atoms with Gasteiger partial charge in [0, 0.05) is 6.54 Å². The summed E-state index contributed by atoms with van der Waals surface area (Å²) in [7, 11) is 0. The van der Waals surface area contributed by atoms with Crippen LogP contribution in [0.4, 0.5) is 30.7 Å². The maximum absolute atomic E-state index is 13.8. The van der Waals surface area contributed by atoms with Crippen LogP contribution in [0.1, 0.15) is 60.0 Å². The predicted octanol–water partition coefficient (Wildman–Crippen LogP) is 6.83. The Balaban J connectivity index is 1.73. The molecule has 5 nitrogen and oxygen atoms in total. The first-order chi connectivity index (χ1) is 18.4. The minimum Gasteiger partial charge on any atom is -0.349 e. The number of halogens is 7. The number of nitrogens with one attached hydrogen (secondary N) is 1. The monoisotopic (exact) mass is 555 g/mol. The Morgan fingerprint density at radius 2 is 1.69 bits per heavy atom. The Morgan fingerprint density at radius 3 is 2.23 bits per heavy atom. The van der Waals surface area contributed by atoms with Crippen LogP contribution in [-0.2, 0) is 21.8 Å². The number of nitrogens with zero attached hydrogens (tertiary/aromatic N) is 2. The number of aromatic nitrogens is 2. The van der Waals surface area contributed by atoms with Crippen molar-refractivity contribution in [1.82, 2.24) is 14.9 Å². The van der Waals surface area contributed by atoms with E-state index in [4.69, 9.17) is 9.47 Å². The largest absolute Gasteiger partial charge is 0.416 e. The van der Waals surface area contributed by atoms with Gasteiger partial charge >= 0.3 is 12.4 Å². The molecule has 0 bridgehead atoms. The van der Waals surface area contributed by atoms with Crippen LogP contribution in [0, 0.1) is 17.7 Å². The number of benzene rings is 2. The highest BCUT2D eigenvalue weighted by Crippen LogP contribution is 2.41. The van der Waals surface area contributed by atoms with Crippen LogP contribution in [0.15, 0.2) is 55.0 Å². The van der Waals surface area contributed by atoms with Gasteiger partial charge in [0.05, 0.1) is 48.1 Å². The van der Waals surface area contributed by atoms with Crippen molar-refractivity contribution in [2.45, 2.75) is 50.7 Å². The lowest BCUT2D eigenvalue weighted by Crippen LogP contribution is -2.48. The lowest BCUT2D eigenvalue weighted by molar-refractivity contribution is -0.233. The number of H-pyrrole nitrogens is 1. The standard InChI is InChI=1S/C27H24F7N3O2/c1-3-4-23(22-14-35-15-36-22)37-9-10-38-25(24(37)17-5-7-21(28)8-6-17)39-16(2)18-11-19(26(29,30)31)13-20(12-18)27(32,33)34/h5-8,11-16,23-25H,9-10H2,1-2H3,(H,35,36)/t16-,23?,24?,25?/m1/s1. The molecule has 3 aromatic rings. The van der Waals surface area contributed by atoms with Crippen molar-refractivity contribution in [2.75, 3.05) is 13.2 Å². The van der Waals surface area contributed by atoms with E-state index in [1.54, 1.807) is 13.1 Å². The van der Waals surface area contributed by atoms with E-state index in [9.17, 15) is 30.7 Å². The van der Waals surface area contributed by atoms with E-state index in [-0.39, 0.29) is 18.2 Å². The topological polar surface area (TPSA) is 50.4 Å². The first kappa shape index (κ1) is 28.6. The fourth-order valence-corrected chi connectivity index (χ4v) is 4.46. The Bertz CT molecular complexity index is 1280. The molecule has 3 unspecified atom stereocenters. The molecule has 0 aliphatic carbocycles. The number of aromatic amines is 1. The molecule has 0 radical (unpaired) electrons. The lowest BCUT2D eigenvalue weighted by Gasteiger charge is -2.44. The zero-order chi connectivity index (χ0) is 28.4. The van der Waals surface area contributed by atoms with Gasteiger partial charge in [-0.25, -0.2) is 9.37 Å². The first-order valence-electron chi connectivity index (χ1n) is 11.9. The molecule has 39 heavy (non-hydrogen) atoms. The molecule has 2 aromatic carbocycles. The molecule has 4 atom stereocenters. The molecule has 0 spiro atoms. The summed E-state index contributed by atoms with van der Waals surface area (Å²) in [5, 5.41) is 0. The smallest absolute Gasteiger partial charge is 0.349 e. The van der Waals surface area contributed by atoms with Crippen LogP contribution >= 0.6 is 0 Å². The van der Waals surface area contributed by atoms with Gasteiger partial charge in [-0.05, 0) is 55.3 Å². The zero-order valence-corrected chi connectivity index (χ0v) is 20.8. The summed E-state index contributed by atoms with van der Waals surface area (Å²) in [6.07, 6.45) is -9.31. The van der Waals surface area contributed by atoms with Gasteiger partial charge in [-0.2, -0.15) is 26.3 Å². The van der Waals surface area contributed by atoms with Gasteiger partial charge < -0.3 is 14.5 Å². The number of ether oxygens (including phenoxy) is 2. The second kappa shape index (κ2) is 11.4. The van der Waals surface area contributed by atoms with Gasteiger partial charge in [0.15, 0.2) is 6.29 Å². The lowest BCUT2D eigenvalue weighted by atomic mass is 9.99. The minimum atomic E-state index is -5.00. The maximum atomic E-state index is 13.8. The third-order valence-corrected chi connectivity index (χ3v) is 6.30. The van der Waals surface area contributed by atoms with Crippen LogP contribution in [-0.4, -0.2) is 34.3 Å². The molecule has 0 saturated carbocycles. The van der Waals surface area contributed by atoms with Crippen molar-refractivity contribution in [3.8, 4) is 11.8 Å². The molecule has 0 amide bonds. The third kappa shape index (κ3) is 6.61. The summed E-state index contributed by atoms with van der Waals surface area (Å²) in [6.45, 7) is 3.47. The number of hydrogen-bond acceptors (Lipinski definition) is 4. The molecule has 4 rings (SSSR count). The minimum absolute atomic E-state index is 0.0643.